The van der Waals surface area contributed by atoms with Crippen LogP contribution in [0.2, 0.25) is 0 Å². The molecule has 2 aromatic heterocycles. The molecular formula is C12H15N3OS2. The maximum Gasteiger partial charge on any atom is 0.268 e. The summed E-state index contributed by atoms with van der Waals surface area (Å²) in [6.45, 7) is 0.715. The standard InChI is InChI=1S/C12H15N3OS2/c1-15(8-2-4-17-7-8)6-10-13-9-3-5-18-11(9)12(16)14-10/h3,5,8H,2,4,6-7H2,1H3,(H,13,14,16)/t8-/m0/s1. The molecule has 1 aliphatic rings. The second-order valence-electron chi connectivity index (χ2n) is 4.58. The first kappa shape index (κ1) is 12.2. The molecule has 0 amide bonds. The molecule has 3 rings (SSSR count). The highest BCUT2D eigenvalue weighted by molar-refractivity contribution is 7.99. The number of aromatic nitrogens is 2. The van der Waals surface area contributed by atoms with Crippen molar-refractivity contribution < 1.29 is 0 Å². The zero-order valence-corrected chi connectivity index (χ0v) is 11.8. The summed E-state index contributed by atoms with van der Waals surface area (Å²) >= 11 is 3.44. The normalized spacial score (nSPS) is 20.0. The van der Waals surface area contributed by atoms with Gasteiger partial charge in [-0.2, -0.15) is 11.8 Å². The Bertz CT molecular complexity index is 601. The van der Waals surface area contributed by atoms with Crippen molar-refractivity contribution in [1.82, 2.24) is 14.9 Å². The van der Waals surface area contributed by atoms with Crippen molar-refractivity contribution in [2.24, 2.45) is 0 Å². The third kappa shape index (κ3) is 2.32. The van der Waals surface area contributed by atoms with Gasteiger partial charge in [-0.25, -0.2) is 4.98 Å². The van der Waals surface area contributed by atoms with Crippen molar-refractivity contribution in [3.63, 3.8) is 0 Å². The Kier molecular flexibility index (Phi) is 3.41. The summed E-state index contributed by atoms with van der Waals surface area (Å²) in [6.07, 6.45) is 1.23. The summed E-state index contributed by atoms with van der Waals surface area (Å²) < 4.78 is 0.720. The Labute approximate surface area is 113 Å². The van der Waals surface area contributed by atoms with E-state index < -0.39 is 0 Å². The average molecular weight is 281 g/mol. The summed E-state index contributed by atoms with van der Waals surface area (Å²) in [4.78, 5) is 21.5. The Balaban J connectivity index is 1.83. The summed E-state index contributed by atoms with van der Waals surface area (Å²) in [6, 6.07) is 2.52. The molecule has 1 N–H and O–H groups in total. The second kappa shape index (κ2) is 5.03. The van der Waals surface area contributed by atoms with Crippen LogP contribution >= 0.6 is 23.1 Å². The molecule has 1 fully saturated rings. The maximum absolute atomic E-state index is 11.9. The molecule has 0 aromatic carbocycles. The first-order chi connectivity index (χ1) is 8.74. The molecule has 0 unspecified atom stereocenters. The zero-order chi connectivity index (χ0) is 12.5. The second-order valence-corrected chi connectivity index (χ2v) is 6.65. The van der Waals surface area contributed by atoms with E-state index >= 15 is 0 Å². The van der Waals surface area contributed by atoms with Gasteiger partial charge in [-0.3, -0.25) is 9.69 Å². The highest BCUT2D eigenvalue weighted by Gasteiger charge is 2.20. The van der Waals surface area contributed by atoms with Crippen LogP contribution in [0.1, 0.15) is 12.2 Å². The van der Waals surface area contributed by atoms with E-state index in [2.05, 4.69) is 21.9 Å². The topological polar surface area (TPSA) is 49.0 Å². The van der Waals surface area contributed by atoms with Gasteiger partial charge in [0.25, 0.3) is 5.56 Å². The lowest BCUT2D eigenvalue weighted by Crippen LogP contribution is -2.32. The third-order valence-corrected chi connectivity index (χ3v) is 5.34. The van der Waals surface area contributed by atoms with Gasteiger partial charge >= 0.3 is 0 Å². The van der Waals surface area contributed by atoms with E-state index in [1.54, 1.807) is 0 Å². The summed E-state index contributed by atoms with van der Waals surface area (Å²) in [7, 11) is 2.11. The molecule has 0 bridgehead atoms. The molecule has 0 aliphatic carbocycles. The van der Waals surface area contributed by atoms with Crippen LogP contribution in [0.4, 0.5) is 0 Å². The van der Waals surface area contributed by atoms with Gasteiger partial charge in [-0.15, -0.1) is 11.3 Å². The largest absolute Gasteiger partial charge is 0.308 e. The van der Waals surface area contributed by atoms with Crippen molar-refractivity contribution in [3.8, 4) is 0 Å². The molecule has 2 aromatic rings. The highest BCUT2D eigenvalue weighted by Crippen LogP contribution is 2.22. The number of H-pyrrole nitrogens is 1. The molecule has 96 valence electrons. The number of fused-ring (bicyclic) bond motifs is 1. The lowest BCUT2D eigenvalue weighted by molar-refractivity contribution is 0.248. The fraction of sp³-hybridized carbons (Fsp3) is 0.500. The number of thiophene rings is 1. The van der Waals surface area contributed by atoms with Crippen molar-refractivity contribution in [3.05, 3.63) is 27.6 Å². The monoisotopic (exact) mass is 281 g/mol. The van der Waals surface area contributed by atoms with Crippen LogP contribution in [-0.4, -0.2) is 39.5 Å². The molecule has 3 heterocycles. The highest BCUT2D eigenvalue weighted by atomic mass is 32.2. The zero-order valence-electron chi connectivity index (χ0n) is 10.2. The number of rotatable bonds is 3. The van der Waals surface area contributed by atoms with Crippen LogP contribution in [0.25, 0.3) is 10.2 Å². The molecular weight excluding hydrogens is 266 g/mol. The Hall–Kier alpha value is -0.850. The van der Waals surface area contributed by atoms with E-state index in [9.17, 15) is 4.79 Å². The van der Waals surface area contributed by atoms with Crippen LogP contribution in [0, 0.1) is 0 Å². The van der Waals surface area contributed by atoms with Gasteiger partial charge in [-0.05, 0) is 30.7 Å². The van der Waals surface area contributed by atoms with Crippen LogP contribution < -0.4 is 5.56 Å². The molecule has 0 spiro atoms. The van der Waals surface area contributed by atoms with Gasteiger partial charge in [-0.1, -0.05) is 0 Å². The average Bonchev–Trinajstić information content (AvgIpc) is 2.99. The molecule has 1 atom stereocenters. The van der Waals surface area contributed by atoms with Gasteiger partial charge in [0, 0.05) is 11.8 Å². The predicted octanol–water partition coefficient (Wildman–Crippen LogP) is 1.92. The van der Waals surface area contributed by atoms with Crippen LogP contribution in [0.15, 0.2) is 16.2 Å². The fourth-order valence-corrected chi connectivity index (χ4v) is 4.26. The molecule has 4 nitrogen and oxygen atoms in total. The fourth-order valence-electron chi connectivity index (χ4n) is 2.23. The minimum absolute atomic E-state index is 0.0146. The number of nitrogens with zero attached hydrogens (tertiary/aromatic N) is 2. The van der Waals surface area contributed by atoms with Crippen LogP contribution in [0.3, 0.4) is 0 Å². The molecule has 0 radical (unpaired) electrons. The smallest absolute Gasteiger partial charge is 0.268 e. The quantitative estimate of drug-likeness (QED) is 0.934. The van der Waals surface area contributed by atoms with E-state index in [0.29, 0.717) is 12.6 Å². The molecule has 1 saturated heterocycles. The molecule has 6 heteroatoms. The van der Waals surface area contributed by atoms with E-state index in [1.807, 2.05) is 23.2 Å². The summed E-state index contributed by atoms with van der Waals surface area (Å²) in [5, 5.41) is 1.91. The number of aromatic amines is 1. The minimum atomic E-state index is -0.0146. The van der Waals surface area contributed by atoms with Crippen molar-refractivity contribution in [2.75, 3.05) is 18.6 Å². The Morgan fingerprint density at radius 1 is 1.61 bits per heavy atom. The van der Waals surface area contributed by atoms with Crippen LogP contribution in [0.5, 0.6) is 0 Å². The van der Waals surface area contributed by atoms with Gasteiger partial charge < -0.3 is 4.98 Å². The first-order valence-electron chi connectivity index (χ1n) is 5.98. The van der Waals surface area contributed by atoms with Gasteiger partial charge in [0.1, 0.15) is 10.5 Å². The van der Waals surface area contributed by atoms with E-state index in [-0.39, 0.29) is 5.56 Å². The SMILES string of the molecule is CN(Cc1nc2ccsc2c(=O)[nH]1)[C@H]1CCSC1. The summed E-state index contributed by atoms with van der Waals surface area (Å²) in [5.41, 5.74) is 0.798. The van der Waals surface area contributed by atoms with Crippen molar-refractivity contribution >= 4 is 33.3 Å². The van der Waals surface area contributed by atoms with Crippen molar-refractivity contribution in [2.45, 2.75) is 19.0 Å². The number of nitrogens with one attached hydrogen (secondary N) is 1. The van der Waals surface area contributed by atoms with Gasteiger partial charge in [0.15, 0.2) is 0 Å². The lowest BCUT2D eigenvalue weighted by Gasteiger charge is -2.22. The maximum atomic E-state index is 11.9. The Morgan fingerprint density at radius 3 is 3.28 bits per heavy atom. The van der Waals surface area contributed by atoms with E-state index in [1.165, 1.54) is 29.3 Å². The van der Waals surface area contributed by atoms with E-state index in [0.717, 1.165) is 16.0 Å². The number of hydrogen-bond donors (Lipinski definition) is 1. The summed E-state index contributed by atoms with van der Waals surface area (Å²) in [5.74, 6) is 3.19. The lowest BCUT2D eigenvalue weighted by atomic mass is 10.2. The molecule has 1 aliphatic heterocycles. The number of hydrogen-bond acceptors (Lipinski definition) is 5. The van der Waals surface area contributed by atoms with E-state index in [4.69, 9.17) is 0 Å². The minimum Gasteiger partial charge on any atom is -0.308 e. The first-order valence-corrected chi connectivity index (χ1v) is 8.02. The van der Waals surface area contributed by atoms with Gasteiger partial charge in [0.2, 0.25) is 0 Å². The number of thioether (sulfide) groups is 1. The predicted molar refractivity (Wildman–Crippen MR) is 77.4 cm³/mol. The van der Waals surface area contributed by atoms with Crippen LogP contribution in [-0.2, 0) is 6.54 Å². The molecule has 18 heavy (non-hydrogen) atoms. The molecule has 0 saturated carbocycles. The Morgan fingerprint density at radius 2 is 2.50 bits per heavy atom. The third-order valence-electron chi connectivity index (χ3n) is 3.29. The van der Waals surface area contributed by atoms with Crippen molar-refractivity contribution in [1.29, 1.82) is 0 Å². The van der Waals surface area contributed by atoms with Gasteiger partial charge in [0.05, 0.1) is 12.1 Å².